The number of anilines is 1. The smallest absolute Gasteiger partial charge is 0.232 e. The molecule has 0 N–H and O–H groups in total. The number of benzene rings is 3. The molecule has 1 unspecified atom stereocenters. The Labute approximate surface area is 198 Å². The first-order valence-electron chi connectivity index (χ1n) is 11.2. The second-order valence-electron chi connectivity index (χ2n) is 8.45. The van der Waals surface area contributed by atoms with Gasteiger partial charge in [0.25, 0.3) is 0 Å². The number of nitrogens with zero attached hydrogens (tertiary/aromatic N) is 1. The molecule has 5 heteroatoms. The number of carbonyl (C=O) groups is 2. The monoisotopic (exact) mass is 457 g/mol. The first-order valence-corrected chi connectivity index (χ1v) is 11.6. The van der Waals surface area contributed by atoms with Crippen molar-refractivity contribution in [3.05, 3.63) is 106 Å². The third kappa shape index (κ3) is 4.44. The van der Waals surface area contributed by atoms with Crippen molar-refractivity contribution in [3.8, 4) is 5.75 Å². The number of hydrogen-bond donors (Lipinski definition) is 0. The predicted molar refractivity (Wildman–Crippen MR) is 129 cm³/mol. The summed E-state index contributed by atoms with van der Waals surface area (Å²) in [5, 5.41) is 0.567. The van der Waals surface area contributed by atoms with Gasteiger partial charge in [-0.3, -0.25) is 14.5 Å². The molecule has 0 fully saturated rings. The van der Waals surface area contributed by atoms with Crippen LogP contribution in [-0.4, -0.2) is 11.7 Å². The van der Waals surface area contributed by atoms with Crippen LogP contribution >= 0.6 is 11.6 Å². The van der Waals surface area contributed by atoms with E-state index in [1.165, 1.54) is 0 Å². The molecule has 0 bridgehead atoms. The third-order valence-electron chi connectivity index (χ3n) is 6.27. The van der Waals surface area contributed by atoms with Crippen molar-refractivity contribution in [2.75, 3.05) is 4.90 Å². The average molecular weight is 458 g/mol. The summed E-state index contributed by atoms with van der Waals surface area (Å²) in [4.78, 5) is 28.0. The van der Waals surface area contributed by atoms with Gasteiger partial charge < -0.3 is 4.74 Å². The van der Waals surface area contributed by atoms with E-state index in [-0.39, 0.29) is 24.0 Å². The summed E-state index contributed by atoms with van der Waals surface area (Å²) in [6.07, 6.45) is 2.22. The molecule has 3 aromatic carbocycles. The topological polar surface area (TPSA) is 46.6 Å². The minimum Gasteiger partial charge on any atom is -0.489 e. The summed E-state index contributed by atoms with van der Waals surface area (Å²) in [6, 6.07) is 25.0. The molecule has 2 aliphatic rings. The van der Waals surface area contributed by atoms with Gasteiger partial charge in [0.05, 0.1) is 5.69 Å². The summed E-state index contributed by atoms with van der Waals surface area (Å²) in [5.74, 6) is 0.638. The van der Waals surface area contributed by atoms with Crippen molar-refractivity contribution < 1.29 is 14.3 Å². The number of ether oxygens (including phenoxy) is 1. The summed E-state index contributed by atoms with van der Waals surface area (Å²) in [6.45, 7) is 0.491. The number of amides is 1. The summed E-state index contributed by atoms with van der Waals surface area (Å²) >= 11 is 6.19. The number of ketones is 1. The lowest BCUT2D eigenvalue weighted by Crippen LogP contribution is -2.40. The molecule has 0 saturated carbocycles. The van der Waals surface area contributed by atoms with Crippen molar-refractivity contribution in [3.63, 3.8) is 0 Å². The lowest BCUT2D eigenvalue weighted by Gasteiger charge is -2.38. The zero-order chi connectivity index (χ0) is 22.8. The molecule has 0 aromatic heterocycles. The summed E-state index contributed by atoms with van der Waals surface area (Å²) in [5.41, 5.74) is 4.36. The van der Waals surface area contributed by atoms with Crippen molar-refractivity contribution in [1.29, 1.82) is 0 Å². The maximum Gasteiger partial charge on any atom is 0.232 e. The summed E-state index contributed by atoms with van der Waals surface area (Å²) in [7, 11) is 0. The van der Waals surface area contributed by atoms with E-state index in [0.717, 1.165) is 40.3 Å². The first-order chi connectivity index (χ1) is 16.1. The molecule has 0 radical (unpaired) electrons. The molecule has 0 saturated heterocycles. The van der Waals surface area contributed by atoms with Crippen LogP contribution in [0.25, 0.3) is 0 Å². The van der Waals surface area contributed by atoms with E-state index in [1.54, 1.807) is 17.0 Å². The molecule has 5 rings (SSSR count). The van der Waals surface area contributed by atoms with Crippen LogP contribution in [0.5, 0.6) is 5.75 Å². The van der Waals surface area contributed by atoms with Gasteiger partial charge >= 0.3 is 0 Å². The van der Waals surface area contributed by atoms with Crippen LogP contribution < -0.4 is 9.64 Å². The van der Waals surface area contributed by atoms with Crippen LogP contribution in [0.4, 0.5) is 5.69 Å². The average Bonchev–Trinajstić information content (AvgIpc) is 2.83. The zero-order valence-electron chi connectivity index (χ0n) is 18.2. The van der Waals surface area contributed by atoms with Crippen LogP contribution in [-0.2, 0) is 16.2 Å². The number of rotatable bonds is 5. The van der Waals surface area contributed by atoms with E-state index in [0.29, 0.717) is 24.5 Å². The van der Waals surface area contributed by atoms with E-state index >= 15 is 0 Å². The Morgan fingerprint density at radius 2 is 1.70 bits per heavy atom. The Kier molecular flexibility index (Phi) is 6.01. The maximum atomic E-state index is 13.3. The Morgan fingerprint density at radius 1 is 0.909 bits per heavy atom. The van der Waals surface area contributed by atoms with Crippen LogP contribution in [0, 0.1) is 0 Å². The Hall–Kier alpha value is -3.37. The highest BCUT2D eigenvalue weighted by Gasteiger charge is 2.39. The molecule has 3 aromatic rings. The van der Waals surface area contributed by atoms with Crippen molar-refractivity contribution in [1.82, 2.24) is 0 Å². The standard InChI is InChI=1S/C28H24ClNO3/c29-21-8-4-9-22(16-21)30-25-10-5-11-26(31)28(25)24(17-27(30)32)20-12-14-23(15-13-20)33-18-19-6-2-1-3-7-19/h1-4,6-9,12-16,24H,5,10-11,17-18H2. The lowest BCUT2D eigenvalue weighted by atomic mass is 9.77. The van der Waals surface area contributed by atoms with Gasteiger partial charge in [-0.1, -0.05) is 60.1 Å². The number of hydrogen-bond acceptors (Lipinski definition) is 3. The van der Waals surface area contributed by atoms with Gasteiger partial charge in [0.1, 0.15) is 12.4 Å². The SMILES string of the molecule is O=C1CCCC2=C1C(c1ccc(OCc3ccccc3)cc1)CC(=O)N2c1cccc(Cl)c1. The quantitative estimate of drug-likeness (QED) is 0.442. The second-order valence-corrected chi connectivity index (χ2v) is 8.88. The van der Waals surface area contributed by atoms with Crippen LogP contribution in [0.2, 0.25) is 5.02 Å². The van der Waals surface area contributed by atoms with E-state index in [2.05, 4.69) is 0 Å². The normalized spacial score (nSPS) is 18.3. The van der Waals surface area contributed by atoms with Gasteiger partial charge in [0.15, 0.2) is 5.78 Å². The van der Waals surface area contributed by atoms with E-state index in [9.17, 15) is 9.59 Å². The van der Waals surface area contributed by atoms with E-state index in [4.69, 9.17) is 16.3 Å². The molecule has 1 amide bonds. The van der Waals surface area contributed by atoms with Gasteiger partial charge in [0, 0.05) is 35.1 Å². The van der Waals surface area contributed by atoms with Crippen molar-refractivity contribution in [2.45, 2.75) is 38.2 Å². The van der Waals surface area contributed by atoms with Gasteiger partial charge in [-0.25, -0.2) is 0 Å². The molecule has 4 nitrogen and oxygen atoms in total. The molecule has 33 heavy (non-hydrogen) atoms. The van der Waals surface area contributed by atoms with Gasteiger partial charge in [0.2, 0.25) is 5.91 Å². The molecule has 1 heterocycles. The van der Waals surface area contributed by atoms with Crippen molar-refractivity contribution in [2.24, 2.45) is 0 Å². The number of halogens is 1. The van der Waals surface area contributed by atoms with Crippen molar-refractivity contribution >= 4 is 29.0 Å². The number of allylic oxidation sites excluding steroid dienone is 2. The first kappa shape index (κ1) is 21.5. The van der Waals surface area contributed by atoms with Gasteiger partial charge in [-0.2, -0.15) is 0 Å². The molecule has 1 atom stereocenters. The Balaban J connectivity index is 1.44. The fraction of sp³-hybridized carbons (Fsp3) is 0.214. The minimum atomic E-state index is -0.237. The van der Waals surface area contributed by atoms with Gasteiger partial charge in [-0.15, -0.1) is 0 Å². The van der Waals surface area contributed by atoms with Gasteiger partial charge in [-0.05, 0) is 54.3 Å². The van der Waals surface area contributed by atoms with Crippen LogP contribution in [0.1, 0.15) is 42.7 Å². The fourth-order valence-electron chi connectivity index (χ4n) is 4.73. The fourth-order valence-corrected chi connectivity index (χ4v) is 4.91. The third-order valence-corrected chi connectivity index (χ3v) is 6.51. The predicted octanol–water partition coefficient (Wildman–Crippen LogP) is 6.45. The minimum absolute atomic E-state index is 0.0138. The lowest BCUT2D eigenvalue weighted by molar-refractivity contribution is -0.119. The highest BCUT2D eigenvalue weighted by atomic mass is 35.5. The zero-order valence-corrected chi connectivity index (χ0v) is 18.9. The molecular formula is C28H24ClNO3. The van der Waals surface area contributed by atoms with Crippen LogP contribution in [0.15, 0.2) is 90.1 Å². The van der Waals surface area contributed by atoms with Crippen LogP contribution in [0.3, 0.4) is 0 Å². The largest absolute Gasteiger partial charge is 0.489 e. The molecule has 1 aliphatic carbocycles. The van der Waals surface area contributed by atoms with E-state index in [1.807, 2.05) is 66.7 Å². The molecule has 1 aliphatic heterocycles. The molecular weight excluding hydrogens is 434 g/mol. The Morgan fingerprint density at radius 3 is 2.45 bits per heavy atom. The second kappa shape index (κ2) is 9.24. The highest BCUT2D eigenvalue weighted by molar-refractivity contribution is 6.31. The van der Waals surface area contributed by atoms with E-state index < -0.39 is 0 Å². The number of Topliss-reactive ketones (excluding diaryl/α,β-unsaturated/α-hetero) is 1. The molecule has 166 valence electrons. The highest BCUT2D eigenvalue weighted by Crippen LogP contribution is 2.43. The molecule has 0 spiro atoms. The summed E-state index contributed by atoms with van der Waals surface area (Å²) < 4.78 is 5.90. The Bertz CT molecular complexity index is 1220. The number of carbonyl (C=O) groups excluding carboxylic acids is 2. The maximum absolute atomic E-state index is 13.3.